The molecule has 2 atom stereocenters. The Kier molecular flexibility index (Phi) is 5.77. The standard InChI is InChI=1S/C21H24FNO4/c1-27-17-9-5-8-16(19(17)22)13-23-11-10-21(20(25)26,18(24)14-23)12-15-6-3-2-4-7-15/h2-9,18,24H,10-14H2,1H3,(H,25,26)/t18-,21-/m1/s1. The first-order valence-corrected chi connectivity index (χ1v) is 8.95. The highest BCUT2D eigenvalue weighted by molar-refractivity contribution is 5.76. The minimum Gasteiger partial charge on any atom is -0.494 e. The molecule has 6 heteroatoms. The van der Waals surface area contributed by atoms with Gasteiger partial charge in [-0.3, -0.25) is 9.69 Å². The van der Waals surface area contributed by atoms with Crippen LogP contribution >= 0.6 is 0 Å². The molecular weight excluding hydrogens is 349 g/mol. The van der Waals surface area contributed by atoms with Gasteiger partial charge < -0.3 is 14.9 Å². The summed E-state index contributed by atoms with van der Waals surface area (Å²) in [6, 6.07) is 14.3. The van der Waals surface area contributed by atoms with E-state index in [0.717, 1.165) is 5.56 Å². The number of piperidine rings is 1. The zero-order valence-corrected chi connectivity index (χ0v) is 15.3. The summed E-state index contributed by atoms with van der Waals surface area (Å²) in [7, 11) is 1.41. The predicted octanol–water partition coefficient (Wildman–Crippen LogP) is 2.71. The second kappa shape index (κ2) is 8.06. The zero-order valence-electron chi connectivity index (χ0n) is 15.3. The molecule has 1 fully saturated rings. The molecule has 2 aromatic rings. The largest absolute Gasteiger partial charge is 0.494 e. The number of β-amino-alcohol motifs (C(OH)–C–C–N with tert-alkyl or cyclic N) is 1. The molecule has 144 valence electrons. The number of aliphatic carboxylic acids is 1. The van der Waals surface area contributed by atoms with Crippen LogP contribution in [0, 0.1) is 11.2 Å². The fraction of sp³-hybridized carbons (Fsp3) is 0.381. The van der Waals surface area contributed by atoms with Crippen molar-refractivity contribution in [3.8, 4) is 5.75 Å². The Bertz CT molecular complexity index is 798. The molecule has 5 nitrogen and oxygen atoms in total. The van der Waals surface area contributed by atoms with Gasteiger partial charge in [0.15, 0.2) is 11.6 Å². The van der Waals surface area contributed by atoms with Gasteiger partial charge in [-0.1, -0.05) is 42.5 Å². The van der Waals surface area contributed by atoms with E-state index in [9.17, 15) is 19.4 Å². The van der Waals surface area contributed by atoms with Gasteiger partial charge >= 0.3 is 5.97 Å². The summed E-state index contributed by atoms with van der Waals surface area (Å²) >= 11 is 0. The van der Waals surface area contributed by atoms with Gasteiger partial charge in [-0.2, -0.15) is 0 Å². The van der Waals surface area contributed by atoms with Crippen LogP contribution in [0.4, 0.5) is 4.39 Å². The number of halogens is 1. The number of ether oxygens (including phenoxy) is 1. The van der Waals surface area contributed by atoms with Gasteiger partial charge in [0.05, 0.1) is 13.2 Å². The molecule has 0 aliphatic carbocycles. The number of carboxylic acids is 1. The summed E-state index contributed by atoms with van der Waals surface area (Å²) in [5.74, 6) is -1.24. The molecule has 3 rings (SSSR count). The number of aliphatic hydroxyl groups is 1. The van der Waals surface area contributed by atoms with Gasteiger partial charge in [0.1, 0.15) is 5.41 Å². The number of methoxy groups -OCH3 is 1. The van der Waals surface area contributed by atoms with E-state index in [1.165, 1.54) is 7.11 Å². The van der Waals surface area contributed by atoms with Crippen molar-refractivity contribution in [3.05, 3.63) is 65.5 Å². The molecule has 0 saturated carbocycles. The maximum atomic E-state index is 14.4. The minimum atomic E-state index is -1.23. The van der Waals surface area contributed by atoms with Crippen LogP contribution in [-0.2, 0) is 17.8 Å². The third-order valence-corrected chi connectivity index (χ3v) is 5.39. The number of nitrogens with zero attached hydrogens (tertiary/aromatic N) is 1. The van der Waals surface area contributed by atoms with Crippen LogP contribution in [0.25, 0.3) is 0 Å². The van der Waals surface area contributed by atoms with Crippen LogP contribution < -0.4 is 4.74 Å². The second-order valence-corrected chi connectivity index (χ2v) is 7.06. The quantitative estimate of drug-likeness (QED) is 0.815. The molecule has 1 aliphatic heterocycles. The summed E-state index contributed by atoms with van der Waals surface area (Å²) < 4.78 is 19.4. The van der Waals surface area contributed by atoms with E-state index in [-0.39, 0.29) is 18.7 Å². The first-order chi connectivity index (χ1) is 13.0. The Labute approximate surface area is 158 Å². The lowest BCUT2D eigenvalue weighted by atomic mass is 9.71. The molecule has 0 unspecified atom stereocenters. The lowest BCUT2D eigenvalue weighted by molar-refractivity contribution is -0.163. The number of rotatable bonds is 6. The molecule has 27 heavy (non-hydrogen) atoms. The van der Waals surface area contributed by atoms with Crippen molar-refractivity contribution in [2.24, 2.45) is 5.41 Å². The number of carbonyl (C=O) groups is 1. The molecule has 1 heterocycles. The third kappa shape index (κ3) is 3.96. The summed E-state index contributed by atoms with van der Waals surface area (Å²) in [6.07, 6.45) is -0.479. The summed E-state index contributed by atoms with van der Waals surface area (Å²) in [6.45, 7) is 0.934. The van der Waals surface area contributed by atoms with Crippen LogP contribution in [-0.4, -0.2) is 47.4 Å². The van der Waals surface area contributed by atoms with E-state index in [4.69, 9.17) is 4.74 Å². The van der Waals surface area contributed by atoms with E-state index in [0.29, 0.717) is 25.1 Å². The first kappa shape index (κ1) is 19.3. The second-order valence-electron chi connectivity index (χ2n) is 7.06. The van der Waals surface area contributed by atoms with Crippen molar-refractivity contribution in [2.45, 2.75) is 25.5 Å². The van der Waals surface area contributed by atoms with Gasteiger partial charge in [0, 0.05) is 18.7 Å². The van der Waals surface area contributed by atoms with Gasteiger partial charge in [-0.15, -0.1) is 0 Å². The Morgan fingerprint density at radius 2 is 2.00 bits per heavy atom. The van der Waals surface area contributed by atoms with Crippen LogP contribution in [0.3, 0.4) is 0 Å². The van der Waals surface area contributed by atoms with Crippen molar-refractivity contribution in [2.75, 3.05) is 20.2 Å². The smallest absolute Gasteiger partial charge is 0.312 e. The molecular formula is C21H24FNO4. The normalized spacial score (nSPS) is 23.1. The van der Waals surface area contributed by atoms with E-state index < -0.39 is 23.3 Å². The first-order valence-electron chi connectivity index (χ1n) is 8.95. The summed E-state index contributed by atoms with van der Waals surface area (Å²) in [4.78, 5) is 13.9. The maximum absolute atomic E-state index is 14.4. The lowest BCUT2D eigenvalue weighted by Crippen LogP contribution is -2.55. The van der Waals surface area contributed by atoms with Crippen LogP contribution in [0.15, 0.2) is 48.5 Å². The SMILES string of the molecule is COc1cccc(CN2CC[C@](Cc3ccccc3)(C(=O)O)[C@H](O)C2)c1F. The maximum Gasteiger partial charge on any atom is 0.312 e. The van der Waals surface area contributed by atoms with Gasteiger partial charge in [0.2, 0.25) is 0 Å². The van der Waals surface area contributed by atoms with E-state index in [1.807, 2.05) is 35.2 Å². The Morgan fingerprint density at radius 3 is 2.63 bits per heavy atom. The van der Waals surface area contributed by atoms with Crippen LogP contribution in [0.2, 0.25) is 0 Å². The fourth-order valence-electron chi connectivity index (χ4n) is 3.75. The van der Waals surface area contributed by atoms with Crippen molar-refractivity contribution in [1.29, 1.82) is 0 Å². The van der Waals surface area contributed by atoms with Gasteiger partial charge in [-0.25, -0.2) is 4.39 Å². The van der Waals surface area contributed by atoms with Gasteiger partial charge in [-0.05, 0) is 31.0 Å². The molecule has 0 amide bonds. The Morgan fingerprint density at radius 1 is 1.26 bits per heavy atom. The lowest BCUT2D eigenvalue weighted by Gasteiger charge is -2.43. The monoisotopic (exact) mass is 373 g/mol. The molecule has 0 radical (unpaired) electrons. The number of benzene rings is 2. The predicted molar refractivity (Wildman–Crippen MR) is 99.1 cm³/mol. The highest BCUT2D eigenvalue weighted by atomic mass is 19.1. The number of likely N-dealkylation sites (tertiary alicyclic amines) is 1. The zero-order chi connectivity index (χ0) is 19.4. The van der Waals surface area contributed by atoms with Crippen LogP contribution in [0.5, 0.6) is 5.75 Å². The molecule has 1 aliphatic rings. The highest BCUT2D eigenvalue weighted by Crippen LogP contribution is 2.36. The molecule has 2 aromatic carbocycles. The molecule has 0 spiro atoms. The number of carboxylic acid groups (broad SMARTS) is 1. The summed E-state index contributed by atoms with van der Waals surface area (Å²) in [5, 5.41) is 20.6. The molecule has 0 bridgehead atoms. The average Bonchev–Trinajstić information content (AvgIpc) is 2.66. The highest BCUT2D eigenvalue weighted by Gasteiger charge is 2.48. The number of aliphatic hydroxyl groups excluding tert-OH is 1. The van der Waals surface area contributed by atoms with E-state index in [2.05, 4.69) is 0 Å². The summed E-state index contributed by atoms with van der Waals surface area (Å²) in [5.41, 5.74) is 0.115. The Balaban J connectivity index is 1.75. The van der Waals surface area contributed by atoms with Crippen molar-refractivity contribution < 1.29 is 24.1 Å². The molecule has 1 saturated heterocycles. The van der Waals surface area contributed by atoms with E-state index >= 15 is 0 Å². The van der Waals surface area contributed by atoms with Crippen molar-refractivity contribution in [1.82, 2.24) is 4.90 Å². The van der Waals surface area contributed by atoms with Gasteiger partial charge in [0.25, 0.3) is 0 Å². The van der Waals surface area contributed by atoms with Crippen LogP contribution in [0.1, 0.15) is 17.5 Å². The minimum absolute atomic E-state index is 0.175. The van der Waals surface area contributed by atoms with Crippen molar-refractivity contribution >= 4 is 5.97 Å². The van der Waals surface area contributed by atoms with E-state index in [1.54, 1.807) is 18.2 Å². The fourth-order valence-corrected chi connectivity index (χ4v) is 3.75. The number of hydrogen-bond acceptors (Lipinski definition) is 4. The molecule has 0 aromatic heterocycles. The topological polar surface area (TPSA) is 70.0 Å². The number of hydrogen-bond donors (Lipinski definition) is 2. The van der Waals surface area contributed by atoms with Crippen molar-refractivity contribution in [3.63, 3.8) is 0 Å². The molecule has 2 N–H and O–H groups in total. The Hall–Kier alpha value is -2.44. The average molecular weight is 373 g/mol. The third-order valence-electron chi connectivity index (χ3n) is 5.39.